The SMILES string of the molecule is O=C(NNC(=O)[C@H]1CCCN1C(=O)C1CCCCC1)C1CC1. The Morgan fingerprint density at radius 3 is 2.09 bits per heavy atom. The number of carbonyl (C=O) groups excluding carboxylic acids is 3. The fraction of sp³-hybridized carbons (Fsp3) is 0.812. The minimum atomic E-state index is -0.422. The summed E-state index contributed by atoms with van der Waals surface area (Å²) in [5.74, 6) is -0.0925. The van der Waals surface area contributed by atoms with Crippen molar-refractivity contribution >= 4 is 17.7 Å². The third kappa shape index (κ3) is 3.42. The van der Waals surface area contributed by atoms with Crippen LogP contribution in [0, 0.1) is 11.8 Å². The Bertz CT molecular complexity index is 456. The van der Waals surface area contributed by atoms with Crippen LogP contribution in [0.25, 0.3) is 0 Å². The summed E-state index contributed by atoms with van der Waals surface area (Å²) < 4.78 is 0. The molecule has 0 aromatic rings. The number of nitrogens with zero attached hydrogens (tertiary/aromatic N) is 1. The van der Waals surface area contributed by atoms with Crippen LogP contribution >= 0.6 is 0 Å². The van der Waals surface area contributed by atoms with Crippen molar-refractivity contribution in [3.63, 3.8) is 0 Å². The molecule has 0 bridgehead atoms. The Morgan fingerprint density at radius 1 is 0.727 bits per heavy atom. The van der Waals surface area contributed by atoms with Crippen LogP contribution in [0.1, 0.15) is 57.8 Å². The number of hydrazine groups is 1. The van der Waals surface area contributed by atoms with E-state index in [1.54, 1.807) is 4.90 Å². The van der Waals surface area contributed by atoms with Crippen LogP contribution in [-0.4, -0.2) is 35.2 Å². The summed E-state index contributed by atoms with van der Waals surface area (Å²) in [4.78, 5) is 38.2. The molecule has 0 spiro atoms. The smallest absolute Gasteiger partial charge is 0.261 e. The van der Waals surface area contributed by atoms with Gasteiger partial charge < -0.3 is 4.90 Å². The van der Waals surface area contributed by atoms with Crippen LogP contribution in [0.2, 0.25) is 0 Å². The van der Waals surface area contributed by atoms with Crippen LogP contribution in [0.5, 0.6) is 0 Å². The van der Waals surface area contributed by atoms with Crippen molar-refractivity contribution in [2.45, 2.75) is 63.8 Å². The van der Waals surface area contributed by atoms with Gasteiger partial charge in [0.15, 0.2) is 0 Å². The quantitative estimate of drug-likeness (QED) is 0.767. The molecule has 6 nitrogen and oxygen atoms in total. The molecular weight excluding hydrogens is 282 g/mol. The summed E-state index contributed by atoms with van der Waals surface area (Å²) in [6.07, 6.45) is 8.66. The monoisotopic (exact) mass is 307 g/mol. The van der Waals surface area contributed by atoms with E-state index < -0.39 is 6.04 Å². The van der Waals surface area contributed by atoms with E-state index in [9.17, 15) is 14.4 Å². The van der Waals surface area contributed by atoms with Crippen LogP contribution in [-0.2, 0) is 14.4 Å². The first kappa shape index (κ1) is 15.3. The van der Waals surface area contributed by atoms with E-state index in [4.69, 9.17) is 0 Å². The van der Waals surface area contributed by atoms with Crippen molar-refractivity contribution in [3.8, 4) is 0 Å². The number of carbonyl (C=O) groups is 3. The molecule has 2 aliphatic carbocycles. The van der Waals surface area contributed by atoms with Crippen molar-refractivity contribution in [2.24, 2.45) is 11.8 Å². The van der Waals surface area contributed by atoms with Crippen molar-refractivity contribution in [1.82, 2.24) is 15.8 Å². The number of hydrogen-bond acceptors (Lipinski definition) is 3. The molecule has 3 rings (SSSR count). The largest absolute Gasteiger partial charge is 0.330 e. The van der Waals surface area contributed by atoms with Gasteiger partial charge in [-0.25, -0.2) is 0 Å². The molecule has 122 valence electrons. The van der Waals surface area contributed by atoms with E-state index in [1.165, 1.54) is 6.42 Å². The summed E-state index contributed by atoms with van der Waals surface area (Å²) in [6.45, 7) is 0.657. The predicted molar refractivity (Wildman–Crippen MR) is 80.3 cm³/mol. The molecule has 1 saturated heterocycles. The molecule has 2 N–H and O–H groups in total. The van der Waals surface area contributed by atoms with Crippen molar-refractivity contribution in [2.75, 3.05) is 6.54 Å². The van der Waals surface area contributed by atoms with E-state index in [2.05, 4.69) is 10.9 Å². The van der Waals surface area contributed by atoms with Crippen LogP contribution in [0.3, 0.4) is 0 Å². The zero-order chi connectivity index (χ0) is 15.5. The maximum Gasteiger partial charge on any atom is 0.261 e. The maximum absolute atomic E-state index is 12.6. The minimum absolute atomic E-state index is 0.0591. The fourth-order valence-corrected chi connectivity index (χ4v) is 3.54. The van der Waals surface area contributed by atoms with Gasteiger partial charge in [0.25, 0.3) is 5.91 Å². The molecule has 6 heteroatoms. The second-order valence-electron chi connectivity index (χ2n) is 6.78. The molecule has 0 unspecified atom stereocenters. The summed E-state index contributed by atoms with van der Waals surface area (Å²) in [5.41, 5.74) is 4.98. The van der Waals surface area contributed by atoms with Crippen molar-refractivity contribution in [3.05, 3.63) is 0 Å². The molecular formula is C16H25N3O3. The number of hydrogen-bond donors (Lipinski definition) is 2. The van der Waals surface area contributed by atoms with Gasteiger partial charge >= 0.3 is 0 Å². The molecule has 22 heavy (non-hydrogen) atoms. The van der Waals surface area contributed by atoms with Crippen LogP contribution in [0.4, 0.5) is 0 Å². The summed E-state index contributed by atoms with van der Waals surface area (Å²) in [7, 11) is 0. The molecule has 3 aliphatic rings. The molecule has 1 aliphatic heterocycles. The van der Waals surface area contributed by atoms with Gasteiger partial charge in [-0.05, 0) is 38.5 Å². The standard InChI is InChI=1S/C16H25N3O3/c20-14(11-8-9-11)17-18-15(21)13-7-4-10-19(13)16(22)12-5-2-1-3-6-12/h11-13H,1-10H2,(H,17,20)(H,18,21)/t13-/m1/s1. The number of likely N-dealkylation sites (tertiary alicyclic amines) is 1. The third-order valence-corrected chi connectivity index (χ3v) is 5.05. The highest BCUT2D eigenvalue weighted by atomic mass is 16.2. The lowest BCUT2D eigenvalue weighted by Crippen LogP contribution is -2.52. The Morgan fingerprint density at radius 2 is 1.41 bits per heavy atom. The van der Waals surface area contributed by atoms with Crippen molar-refractivity contribution in [1.29, 1.82) is 0 Å². The van der Waals surface area contributed by atoms with E-state index in [0.717, 1.165) is 44.9 Å². The van der Waals surface area contributed by atoms with Gasteiger partial charge in [0, 0.05) is 18.4 Å². The van der Waals surface area contributed by atoms with Gasteiger partial charge in [0.2, 0.25) is 11.8 Å². The predicted octanol–water partition coefficient (Wildman–Crippen LogP) is 1.12. The molecule has 0 radical (unpaired) electrons. The minimum Gasteiger partial charge on any atom is -0.330 e. The highest BCUT2D eigenvalue weighted by Gasteiger charge is 2.38. The molecule has 3 fully saturated rings. The van der Waals surface area contributed by atoms with Crippen LogP contribution in [0.15, 0.2) is 0 Å². The highest BCUT2D eigenvalue weighted by molar-refractivity contribution is 5.91. The molecule has 0 aromatic carbocycles. The van der Waals surface area contributed by atoms with E-state index in [-0.39, 0.29) is 29.6 Å². The van der Waals surface area contributed by atoms with Gasteiger partial charge in [-0.3, -0.25) is 25.2 Å². The Kier molecular flexibility index (Phi) is 4.64. The number of amides is 3. The topological polar surface area (TPSA) is 78.5 Å². The first-order valence-corrected chi connectivity index (χ1v) is 8.57. The Hall–Kier alpha value is -1.59. The lowest BCUT2D eigenvalue weighted by atomic mass is 9.88. The Balaban J connectivity index is 1.53. The zero-order valence-corrected chi connectivity index (χ0v) is 13.0. The van der Waals surface area contributed by atoms with Crippen LogP contribution < -0.4 is 10.9 Å². The van der Waals surface area contributed by atoms with E-state index in [1.807, 2.05) is 0 Å². The number of rotatable bonds is 3. The van der Waals surface area contributed by atoms with E-state index in [0.29, 0.717) is 13.0 Å². The highest BCUT2D eigenvalue weighted by Crippen LogP contribution is 2.29. The van der Waals surface area contributed by atoms with Gasteiger partial charge in [0.05, 0.1) is 0 Å². The average molecular weight is 307 g/mol. The molecule has 1 heterocycles. The van der Waals surface area contributed by atoms with E-state index >= 15 is 0 Å². The van der Waals surface area contributed by atoms with Gasteiger partial charge in [-0.15, -0.1) is 0 Å². The second-order valence-corrected chi connectivity index (χ2v) is 6.78. The molecule has 0 aromatic heterocycles. The molecule has 1 atom stereocenters. The van der Waals surface area contributed by atoms with Gasteiger partial charge in [-0.1, -0.05) is 19.3 Å². The number of nitrogens with one attached hydrogen (secondary N) is 2. The summed E-state index contributed by atoms with van der Waals surface area (Å²) in [5, 5.41) is 0. The second kappa shape index (κ2) is 6.67. The first-order chi connectivity index (χ1) is 10.7. The lowest BCUT2D eigenvalue weighted by Gasteiger charge is -2.30. The lowest BCUT2D eigenvalue weighted by molar-refractivity contribution is -0.143. The first-order valence-electron chi connectivity index (χ1n) is 8.57. The van der Waals surface area contributed by atoms with Crippen molar-refractivity contribution < 1.29 is 14.4 Å². The average Bonchev–Trinajstić information content (AvgIpc) is 3.29. The zero-order valence-electron chi connectivity index (χ0n) is 13.0. The van der Waals surface area contributed by atoms with Gasteiger partial charge in [-0.2, -0.15) is 0 Å². The molecule has 2 saturated carbocycles. The summed E-state index contributed by atoms with van der Waals surface area (Å²) >= 11 is 0. The summed E-state index contributed by atoms with van der Waals surface area (Å²) in [6, 6.07) is -0.422. The third-order valence-electron chi connectivity index (χ3n) is 5.05. The Labute approximate surface area is 131 Å². The van der Waals surface area contributed by atoms with Gasteiger partial charge in [0.1, 0.15) is 6.04 Å². The maximum atomic E-state index is 12.6. The normalized spacial score (nSPS) is 25.8. The molecule has 3 amide bonds. The fourth-order valence-electron chi connectivity index (χ4n) is 3.54.